The first-order valence-electron chi connectivity index (χ1n) is 4.97. The maximum atomic E-state index is 9.04. The van der Waals surface area contributed by atoms with Gasteiger partial charge in [0.2, 0.25) is 0 Å². The Labute approximate surface area is 99.2 Å². The number of nitriles is 1. The van der Waals surface area contributed by atoms with Crippen molar-refractivity contribution in [3.05, 3.63) is 34.3 Å². The highest BCUT2D eigenvalue weighted by Gasteiger charge is 2.22. The first-order valence-corrected chi connectivity index (χ1v) is 5.76. The summed E-state index contributed by atoms with van der Waals surface area (Å²) in [4.78, 5) is 0. The zero-order valence-electron chi connectivity index (χ0n) is 8.94. The Morgan fingerprint density at radius 1 is 1.27 bits per heavy atom. The highest BCUT2D eigenvalue weighted by atomic mass is 79.9. The molecule has 0 aliphatic rings. The molecule has 15 heavy (non-hydrogen) atoms. The van der Waals surface area contributed by atoms with E-state index < -0.39 is 0 Å². The summed E-state index contributed by atoms with van der Waals surface area (Å²) < 4.78 is 1.02. The van der Waals surface area contributed by atoms with E-state index in [1.807, 2.05) is 38.1 Å². The molecule has 0 spiro atoms. The zero-order valence-corrected chi connectivity index (χ0v) is 10.5. The minimum atomic E-state index is -0.205. The van der Waals surface area contributed by atoms with Crippen molar-refractivity contribution < 1.29 is 0 Å². The predicted molar refractivity (Wildman–Crippen MR) is 65.0 cm³/mol. The molecule has 3 heteroatoms. The first-order chi connectivity index (χ1) is 7.06. The second-order valence-corrected chi connectivity index (χ2v) is 4.89. The average molecular weight is 267 g/mol. The lowest BCUT2D eigenvalue weighted by atomic mass is 9.86. The number of hydrogen-bond acceptors (Lipinski definition) is 2. The summed E-state index contributed by atoms with van der Waals surface area (Å²) in [6.45, 7) is 4.04. The minimum absolute atomic E-state index is 0.133. The molecule has 0 radical (unpaired) electrons. The number of rotatable bonds is 3. The Hall–Kier alpha value is -0.850. The number of nitrogens with two attached hydrogens (primary N) is 1. The van der Waals surface area contributed by atoms with Gasteiger partial charge in [0.1, 0.15) is 0 Å². The quantitative estimate of drug-likeness (QED) is 0.913. The van der Waals surface area contributed by atoms with E-state index in [1.54, 1.807) is 0 Å². The topological polar surface area (TPSA) is 49.8 Å². The van der Waals surface area contributed by atoms with E-state index in [0.717, 1.165) is 10.0 Å². The van der Waals surface area contributed by atoms with Crippen molar-refractivity contribution in [2.24, 2.45) is 17.6 Å². The summed E-state index contributed by atoms with van der Waals surface area (Å²) in [6.07, 6.45) is 0. The number of hydrogen-bond donors (Lipinski definition) is 1. The summed E-state index contributed by atoms with van der Waals surface area (Å²) in [5.74, 6) is 0.139. The molecule has 1 aromatic carbocycles. The first kappa shape index (κ1) is 12.2. The van der Waals surface area contributed by atoms with E-state index in [9.17, 15) is 0 Å². The summed E-state index contributed by atoms with van der Waals surface area (Å²) in [5.41, 5.74) is 7.08. The van der Waals surface area contributed by atoms with Crippen LogP contribution in [0.1, 0.15) is 25.5 Å². The lowest BCUT2D eigenvalue weighted by Crippen LogP contribution is -2.24. The Kier molecular flexibility index (Phi) is 4.31. The third-order valence-electron chi connectivity index (χ3n) is 2.51. The molecular formula is C12H15BrN2. The van der Waals surface area contributed by atoms with Crippen LogP contribution in [0.15, 0.2) is 28.7 Å². The van der Waals surface area contributed by atoms with Crippen LogP contribution in [0.5, 0.6) is 0 Å². The molecular weight excluding hydrogens is 252 g/mol. The van der Waals surface area contributed by atoms with Gasteiger partial charge < -0.3 is 5.73 Å². The monoisotopic (exact) mass is 266 g/mol. The van der Waals surface area contributed by atoms with Crippen LogP contribution < -0.4 is 5.73 Å². The molecule has 2 atom stereocenters. The standard InChI is InChI=1S/C12H15BrN2/c1-8(2)11(7-14)12(15)9-3-5-10(13)6-4-9/h3-6,8,11-12H,15H2,1-2H3. The van der Waals surface area contributed by atoms with Crippen LogP contribution in [0.2, 0.25) is 0 Å². The molecule has 0 aromatic heterocycles. The molecule has 0 saturated carbocycles. The number of nitrogens with zero attached hydrogens (tertiary/aromatic N) is 1. The predicted octanol–water partition coefficient (Wildman–Crippen LogP) is 3.24. The summed E-state index contributed by atoms with van der Waals surface area (Å²) in [7, 11) is 0. The molecule has 2 N–H and O–H groups in total. The smallest absolute Gasteiger partial charge is 0.0679 e. The third kappa shape index (κ3) is 3.05. The third-order valence-corrected chi connectivity index (χ3v) is 3.04. The van der Waals surface area contributed by atoms with Gasteiger partial charge in [0.05, 0.1) is 12.0 Å². The summed E-state index contributed by atoms with van der Waals surface area (Å²) >= 11 is 3.37. The Balaban J connectivity index is 2.89. The molecule has 1 aromatic rings. The van der Waals surface area contributed by atoms with Crippen molar-refractivity contribution in [2.75, 3.05) is 0 Å². The Morgan fingerprint density at radius 3 is 2.20 bits per heavy atom. The fourth-order valence-electron chi connectivity index (χ4n) is 1.54. The normalized spacial score (nSPS) is 14.7. The Bertz CT molecular complexity index is 351. The lowest BCUT2D eigenvalue weighted by molar-refractivity contribution is 0.403. The second kappa shape index (κ2) is 5.29. The van der Waals surface area contributed by atoms with Gasteiger partial charge in [0.25, 0.3) is 0 Å². The van der Waals surface area contributed by atoms with Gasteiger partial charge in [-0.05, 0) is 23.6 Å². The van der Waals surface area contributed by atoms with Crippen LogP contribution >= 0.6 is 15.9 Å². The zero-order chi connectivity index (χ0) is 11.4. The second-order valence-electron chi connectivity index (χ2n) is 3.98. The van der Waals surface area contributed by atoms with Gasteiger partial charge in [-0.3, -0.25) is 0 Å². The number of benzene rings is 1. The fraction of sp³-hybridized carbons (Fsp3) is 0.417. The Morgan fingerprint density at radius 2 is 1.80 bits per heavy atom. The average Bonchev–Trinajstić information content (AvgIpc) is 2.19. The highest BCUT2D eigenvalue weighted by Crippen LogP contribution is 2.26. The van der Waals surface area contributed by atoms with Crippen LogP contribution in [0, 0.1) is 23.2 Å². The molecule has 2 nitrogen and oxygen atoms in total. The van der Waals surface area contributed by atoms with Gasteiger partial charge in [-0.1, -0.05) is 41.9 Å². The van der Waals surface area contributed by atoms with Crippen molar-refractivity contribution in [3.8, 4) is 6.07 Å². The fourth-order valence-corrected chi connectivity index (χ4v) is 1.80. The van der Waals surface area contributed by atoms with E-state index in [4.69, 9.17) is 11.0 Å². The van der Waals surface area contributed by atoms with E-state index in [0.29, 0.717) is 0 Å². The van der Waals surface area contributed by atoms with Gasteiger partial charge in [0.15, 0.2) is 0 Å². The van der Waals surface area contributed by atoms with E-state index in [1.165, 1.54) is 0 Å². The molecule has 0 bridgehead atoms. The van der Waals surface area contributed by atoms with Crippen LogP contribution in [-0.4, -0.2) is 0 Å². The maximum absolute atomic E-state index is 9.04. The molecule has 0 amide bonds. The van der Waals surface area contributed by atoms with Crippen molar-refractivity contribution in [1.29, 1.82) is 5.26 Å². The number of halogens is 1. The molecule has 0 aliphatic heterocycles. The molecule has 80 valence electrons. The van der Waals surface area contributed by atoms with Crippen molar-refractivity contribution >= 4 is 15.9 Å². The van der Waals surface area contributed by atoms with Crippen LogP contribution in [-0.2, 0) is 0 Å². The molecule has 1 rings (SSSR count). The lowest BCUT2D eigenvalue weighted by Gasteiger charge is -2.21. The van der Waals surface area contributed by atoms with Crippen molar-refractivity contribution in [1.82, 2.24) is 0 Å². The van der Waals surface area contributed by atoms with Gasteiger partial charge >= 0.3 is 0 Å². The van der Waals surface area contributed by atoms with Gasteiger partial charge in [-0.2, -0.15) is 5.26 Å². The largest absolute Gasteiger partial charge is 0.323 e. The van der Waals surface area contributed by atoms with Crippen LogP contribution in [0.3, 0.4) is 0 Å². The molecule has 0 aliphatic carbocycles. The minimum Gasteiger partial charge on any atom is -0.323 e. The molecule has 0 heterocycles. The molecule has 0 saturated heterocycles. The van der Waals surface area contributed by atoms with Gasteiger partial charge in [-0.25, -0.2) is 0 Å². The van der Waals surface area contributed by atoms with E-state index >= 15 is 0 Å². The van der Waals surface area contributed by atoms with E-state index in [2.05, 4.69) is 22.0 Å². The summed E-state index contributed by atoms with van der Waals surface area (Å²) in [6, 6.07) is 9.89. The van der Waals surface area contributed by atoms with Crippen molar-refractivity contribution in [3.63, 3.8) is 0 Å². The molecule has 2 unspecified atom stereocenters. The highest BCUT2D eigenvalue weighted by molar-refractivity contribution is 9.10. The van der Waals surface area contributed by atoms with Crippen molar-refractivity contribution in [2.45, 2.75) is 19.9 Å². The maximum Gasteiger partial charge on any atom is 0.0679 e. The van der Waals surface area contributed by atoms with Crippen LogP contribution in [0.25, 0.3) is 0 Å². The molecule has 0 fully saturated rings. The van der Waals surface area contributed by atoms with Gasteiger partial charge in [0, 0.05) is 10.5 Å². The summed E-state index contributed by atoms with van der Waals surface area (Å²) in [5, 5.41) is 9.04. The van der Waals surface area contributed by atoms with Crippen LogP contribution in [0.4, 0.5) is 0 Å². The SMILES string of the molecule is CC(C)C(C#N)C(N)c1ccc(Br)cc1. The van der Waals surface area contributed by atoms with Gasteiger partial charge in [-0.15, -0.1) is 0 Å². The van der Waals surface area contributed by atoms with E-state index in [-0.39, 0.29) is 17.9 Å².